The minimum absolute atomic E-state index is 0. The van der Waals surface area contributed by atoms with Gasteiger partial charge in [-0.05, 0) is 26.3 Å². The molecule has 0 aromatic carbocycles. The van der Waals surface area contributed by atoms with E-state index in [-0.39, 0.29) is 24.0 Å². The normalized spacial score (nSPS) is 11.2. The van der Waals surface area contributed by atoms with Crippen molar-refractivity contribution >= 4 is 41.3 Å². The van der Waals surface area contributed by atoms with Crippen molar-refractivity contribution in [1.82, 2.24) is 25.4 Å². The van der Waals surface area contributed by atoms with Gasteiger partial charge in [0, 0.05) is 50.4 Å². The van der Waals surface area contributed by atoms with Crippen molar-refractivity contribution in [2.24, 2.45) is 4.99 Å². The Morgan fingerprint density at radius 1 is 1.30 bits per heavy atom. The first-order chi connectivity index (χ1) is 10.7. The molecule has 0 aliphatic heterocycles. The van der Waals surface area contributed by atoms with Crippen LogP contribution in [0, 0.1) is 13.8 Å². The van der Waals surface area contributed by atoms with Crippen LogP contribution in [0.1, 0.15) is 22.0 Å². The molecule has 0 unspecified atom stereocenters. The average Bonchev–Trinajstić information content (AvgIpc) is 3.12. The minimum Gasteiger partial charge on any atom is -0.356 e. The number of guanidine groups is 1. The van der Waals surface area contributed by atoms with Gasteiger partial charge in [-0.15, -0.1) is 35.3 Å². The number of nitrogens with zero attached hydrogens (tertiary/aromatic N) is 4. The molecule has 2 aromatic heterocycles. The van der Waals surface area contributed by atoms with Crippen molar-refractivity contribution in [1.29, 1.82) is 0 Å². The van der Waals surface area contributed by atoms with Gasteiger partial charge in [0.25, 0.3) is 0 Å². The van der Waals surface area contributed by atoms with E-state index in [1.54, 1.807) is 24.6 Å². The van der Waals surface area contributed by atoms with E-state index < -0.39 is 0 Å². The molecule has 128 valence electrons. The number of halogens is 1. The van der Waals surface area contributed by atoms with Gasteiger partial charge < -0.3 is 10.6 Å². The Morgan fingerprint density at radius 2 is 2.09 bits per heavy atom. The fourth-order valence-corrected chi connectivity index (χ4v) is 2.97. The molecule has 0 saturated carbocycles. The van der Waals surface area contributed by atoms with Gasteiger partial charge in [0.05, 0.1) is 10.7 Å². The summed E-state index contributed by atoms with van der Waals surface area (Å²) >= 11 is 1.77. The average molecular weight is 448 g/mol. The van der Waals surface area contributed by atoms with Crippen molar-refractivity contribution in [3.05, 3.63) is 34.0 Å². The summed E-state index contributed by atoms with van der Waals surface area (Å²) in [7, 11) is 1.79. The zero-order chi connectivity index (χ0) is 15.8. The maximum atomic E-state index is 4.55. The van der Waals surface area contributed by atoms with Gasteiger partial charge in [-0.3, -0.25) is 9.67 Å². The lowest BCUT2D eigenvalue weighted by Crippen LogP contribution is -2.39. The van der Waals surface area contributed by atoms with Gasteiger partial charge >= 0.3 is 0 Å². The number of hydrogen-bond donors (Lipinski definition) is 2. The molecule has 23 heavy (non-hydrogen) atoms. The van der Waals surface area contributed by atoms with Gasteiger partial charge in [-0.2, -0.15) is 5.10 Å². The van der Waals surface area contributed by atoms with Gasteiger partial charge in [-0.1, -0.05) is 0 Å². The highest BCUT2D eigenvalue weighted by Crippen LogP contribution is 2.16. The smallest absolute Gasteiger partial charge is 0.190 e. The van der Waals surface area contributed by atoms with Gasteiger partial charge in [0.2, 0.25) is 0 Å². The van der Waals surface area contributed by atoms with Crippen molar-refractivity contribution in [2.45, 2.75) is 33.2 Å². The Bertz CT molecular complexity index is 574. The van der Waals surface area contributed by atoms with Crippen LogP contribution in [0.5, 0.6) is 0 Å². The largest absolute Gasteiger partial charge is 0.356 e. The summed E-state index contributed by atoms with van der Waals surface area (Å²) in [4.78, 5) is 10.1. The summed E-state index contributed by atoms with van der Waals surface area (Å²) in [6.07, 6.45) is 5.71. The monoisotopic (exact) mass is 448 g/mol. The van der Waals surface area contributed by atoms with Crippen LogP contribution in [-0.2, 0) is 13.0 Å². The summed E-state index contributed by atoms with van der Waals surface area (Å²) in [6, 6.07) is 1.94. The van der Waals surface area contributed by atoms with Crippen LogP contribution < -0.4 is 10.6 Å². The van der Waals surface area contributed by atoms with E-state index in [4.69, 9.17) is 0 Å². The van der Waals surface area contributed by atoms with Crippen LogP contribution in [0.25, 0.3) is 0 Å². The first-order valence-corrected chi connectivity index (χ1v) is 8.35. The molecule has 0 radical (unpaired) electrons. The zero-order valence-corrected chi connectivity index (χ0v) is 17.0. The maximum absolute atomic E-state index is 4.55. The molecule has 0 aliphatic carbocycles. The van der Waals surface area contributed by atoms with Crippen LogP contribution in [-0.4, -0.2) is 40.9 Å². The van der Waals surface area contributed by atoms with E-state index in [0.29, 0.717) is 0 Å². The Morgan fingerprint density at radius 3 is 2.70 bits per heavy atom. The van der Waals surface area contributed by atoms with E-state index in [1.807, 2.05) is 16.9 Å². The predicted octanol–water partition coefficient (Wildman–Crippen LogP) is 2.37. The third-order valence-corrected chi connectivity index (χ3v) is 4.48. The van der Waals surface area contributed by atoms with Crippen LogP contribution >= 0.6 is 35.3 Å². The maximum Gasteiger partial charge on any atom is 0.190 e. The highest BCUT2D eigenvalue weighted by molar-refractivity contribution is 14.0. The van der Waals surface area contributed by atoms with Crippen molar-refractivity contribution in [3.8, 4) is 0 Å². The predicted molar refractivity (Wildman–Crippen MR) is 107 cm³/mol. The summed E-state index contributed by atoms with van der Waals surface area (Å²) in [5.74, 6) is 0.838. The van der Waals surface area contributed by atoms with Gasteiger partial charge in [0.1, 0.15) is 0 Å². The number of aromatic nitrogens is 3. The fraction of sp³-hybridized carbons (Fsp3) is 0.533. The third-order valence-electron chi connectivity index (χ3n) is 3.34. The van der Waals surface area contributed by atoms with E-state index in [1.165, 1.54) is 9.88 Å². The number of nitrogens with one attached hydrogen (secondary N) is 2. The van der Waals surface area contributed by atoms with Crippen molar-refractivity contribution < 1.29 is 0 Å². The molecule has 6 nitrogen and oxygen atoms in total. The second-order valence-corrected chi connectivity index (χ2v) is 6.34. The molecular formula is C15H25IN6S. The van der Waals surface area contributed by atoms with Crippen molar-refractivity contribution in [2.75, 3.05) is 20.1 Å². The van der Waals surface area contributed by atoms with Crippen LogP contribution in [0.15, 0.2) is 23.5 Å². The molecule has 2 heterocycles. The molecule has 0 saturated heterocycles. The zero-order valence-electron chi connectivity index (χ0n) is 13.9. The number of rotatable bonds is 7. The first kappa shape index (κ1) is 19.9. The first-order valence-electron chi connectivity index (χ1n) is 7.54. The van der Waals surface area contributed by atoms with E-state index >= 15 is 0 Å². The number of aryl methyl sites for hydroxylation is 3. The van der Waals surface area contributed by atoms with Gasteiger partial charge in [-0.25, -0.2) is 4.98 Å². The molecule has 0 amide bonds. The molecule has 0 atom stereocenters. The van der Waals surface area contributed by atoms with Crippen LogP contribution in [0.2, 0.25) is 0 Å². The lowest BCUT2D eigenvalue weighted by molar-refractivity contribution is 0.570. The van der Waals surface area contributed by atoms with E-state index in [0.717, 1.165) is 44.1 Å². The summed E-state index contributed by atoms with van der Waals surface area (Å²) < 4.78 is 1.94. The molecule has 2 N–H and O–H groups in total. The topological polar surface area (TPSA) is 67.1 Å². The number of aliphatic imine (C=N–C) groups is 1. The number of thiazole rings is 1. The molecule has 0 fully saturated rings. The minimum atomic E-state index is 0. The summed E-state index contributed by atoms with van der Waals surface area (Å²) in [5, 5.41) is 12.0. The Labute approximate surface area is 158 Å². The molecule has 0 aliphatic rings. The van der Waals surface area contributed by atoms with E-state index in [9.17, 15) is 0 Å². The molecule has 2 aromatic rings. The highest BCUT2D eigenvalue weighted by Gasteiger charge is 2.04. The quantitative estimate of drug-likeness (QED) is 0.296. The lowest BCUT2D eigenvalue weighted by Gasteiger charge is -2.11. The van der Waals surface area contributed by atoms with E-state index in [2.05, 4.69) is 39.6 Å². The lowest BCUT2D eigenvalue weighted by atomic mass is 10.4. The van der Waals surface area contributed by atoms with Gasteiger partial charge in [0.15, 0.2) is 5.96 Å². The standard InChI is InChI=1S/C15H24N6S.HI/c1-12-13(2)22-14(20-12)6-9-18-15(16-3)17-7-4-10-21-11-5-8-19-21;/h5,8,11H,4,6-7,9-10H2,1-3H3,(H2,16,17,18);1H. The second-order valence-electron chi connectivity index (χ2n) is 5.05. The Kier molecular flexibility index (Phi) is 9.15. The molecule has 8 heteroatoms. The molecular weight excluding hydrogens is 423 g/mol. The SMILES string of the molecule is CN=C(NCCCn1cccn1)NCCc1nc(C)c(C)s1.I. The fourth-order valence-electron chi connectivity index (χ4n) is 2.04. The van der Waals surface area contributed by atoms with Crippen LogP contribution in [0.4, 0.5) is 0 Å². The van der Waals surface area contributed by atoms with Crippen molar-refractivity contribution in [3.63, 3.8) is 0 Å². The highest BCUT2D eigenvalue weighted by atomic mass is 127. The summed E-state index contributed by atoms with van der Waals surface area (Å²) in [6.45, 7) is 6.79. The second kappa shape index (κ2) is 10.6. The Hall–Kier alpha value is -1.16. The molecule has 0 spiro atoms. The Balaban J connectivity index is 0.00000264. The molecule has 2 rings (SSSR count). The third kappa shape index (κ3) is 6.86. The van der Waals surface area contributed by atoms with Crippen LogP contribution in [0.3, 0.4) is 0 Å². The summed E-state index contributed by atoms with van der Waals surface area (Å²) in [5.41, 5.74) is 1.14. The number of hydrogen-bond acceptors (Lipinski definition) is 4. The molecule has 0 bridgehead atoms.